The van der Waals surface area contributed by atoms with E-state index < -0.39 is 11.3 Å². The van der Waals surface area contributed by atoms with Crippen LogP contribution in [-0.4, -0.2) is 20.5 Å². The number of benzene rings is 2. The van der Waals surface area contributed by atoms with E-state index in [0.717, 1.165) is 17.5 Å². The first-order chi connectivity index (χ1) is 13.6. The molecule has 1 saturated carbocycles. The predicted molar refractivity (Wildman–Crippen MR) is 102 cm³/mol. The number of nitrogens with zero attached hydrogens (tertiary/aromatic N) is 4. The van der Waals surface area contributed by atoms with Gasteiger partial charge in [0.2, 0.25) is 0 Å². The molecule has 0 radical (unpaired) electrons. The summed E-state index contributed by atoms with van der Waals surface area (Å²) >= 11 is 0. The van der Waals surface area contributed by atoms with Gasteiger partial charge >= 0.3 is 0 Å². The van der Waals surface area contributed by atoms with Crippen LogP contribution in [0.5, 0.6) is 0 Å². The second-order valence-electron chi connectivity index (χ2n) is 7.18. The van der Waals surface area contributed by atoms with Crippen molar-refractivity contribution in [3.8, 4) is 17.5 Å². The van der Waals surface area contributed by atoms with Crippen LogP contribution in [0, 0.1) is 17.1 Å². The summed E-state index contributed by atoms with van der Waals surface area (Å²) in [7, 11) is 1.76. The third-order valence-corrected chi connectivity index (χ3v) is 5.67. The number of nitriles is 1. The molecule has 0 saturated heterocycles. The highest BCUT2D eigenvalue weighted by atomic mass is 19.1. The van der Waals surface area contributed by atoms with Gasteiger partial charge in [0.1, 0.15) is 5.82 Å². The molecule has 1 fully saturated rings. The predicted octanol–water partition coefficient (Wildman–Crippen LogP) is 3.92. The molecule has 3 aromatic rings. The Morgan fingerprint density at radius 1 is 1.14 bits per heavy atom. The number of Topliss-reactive ketones (excluding diaryl/α,β-unsaturated/α-hetero) is 1. The molecule has 1 aromatic heterocycles. The van der Waals surface area contributed by atoms with E-state index in [1.165, 1.54) is 12.1 Å². The first kappa shape index (κ1) is 18.1. The number of hydrogen-bond donors (Lipinski definition) is 0. The molecule has 0 N–H and O–H groups in total. The highest BCUT2D eigenvalue weighted by Gasteiger charge is 2.49. The van der Waals surface area contributed by atoms with Gasteiger partial charge in [-0.1, -0.05) is 48.9 Å². The van der Waals surface area contributed by atoms with E-state index in [-0.39, 0.29) is 11.6 Å². The molecule has 5 nitrogen and oxygen atoms in total. The lowest BCUT2D eigenvalue weighted by atomic mass is 9.59. The molecule has 6 heteroatoms. The van der Waals surface area contributed by atoms with E-state index in [2.05, 4.69) is 16.3 Å². The molecule has 0 aliphatic heterocycles. The second kappa shape index (κ2) is 7.01. The molecular weight excluding hydrogens is 355 g/mol. The van der Waals surface area contributed by atoms with Crippen LogP contribution in [-0.2, 0) is 17.3 Å². The number of rotatable bonds is 5. The third kappa shape index (κ3) is 2.80. The Hall–Kier alpha value is -3.33. The maximum atomic E-state index is 13.5. The molecule has 0 unspecified atom stereocenters. The van der Waals surface area contributed by atoms with Crippen LogP contribution in [0.4, 0.5) is 4.39 Å². The normalized spacial score (nSPS) is 16.0. The summed E-state index contributed by atoms with van der Waals surface area (Å²) in [4.78, 5) is 13.5. The molecule has 2 aromatic carbocycles. The van der Waals surface area contributed by atoms with E-state index in [4.69, 9.17) is 0 Å². The second-order valence-corrected chi connectivity index (χ2v) is 7.18. The molecule has 0 spiro atoms. The van der Waals surface area contributed by atoms with Crippen LogP contribution in [0.2, 0.25) is 0 Å². The zero-order chi connectivity index (χ0) is 19.7. The molecule has 1 aliphatic rings. The van der Waals surface area contributed by atoms with E-state index in [9.17, 15) is 14.4 Å². The lowest BCUT2D eigenvalue weighted by Crippen LogP contribution is -2.45. The molecule has 1 aliphatic carbocycles. The summed E-state index contributed by atoms with van der Waals surface area (Å²) in [6.07, 6.45) is 2.20. The average Bonchev–Trinajstić information content (AvgIpc) is 3.05. The van der Waals surface area contributed by atoms with E-state index >= 15 is 0 Å². The molecule has 0 bridgehead atoms. The first-order valence-electron chi connectivity index (χ1n) is 9.21. The monoisotopic (exact) mass is 374 g/mol. The van der Waals surface area contributed by atoms with Gasteiger partial charge in [-0.3, -0.25) is 4.79 Å². The quantitative estimate of drug-likeness (QED) is 0.679. The number of halogens is 1. The fourth-order valence-corrected chi connectivity index (χ4v) is 3.92. The number of carbonyl (C=O) groups is 1. The molecule has 1 heterocycles. The number of ketones is 1. The number of aromatic nitrogens is 3. The Kier molecular flexibility index (Phi) is 4.52. The number of hydrogen-bond acceptors (Lipinski definition) is 4. The lowest BCUT2D eigenvalue weighted by Gasteiger charge is -2.41. The largest absolute Gasteiger partial charge is 0.313 e. The zero-order valence-electron chi connectivity index (χ0n) is 15.5. The van der Waals surface area contributed by atoms with Crippen molar-refractivity contribution in [2.24, 2.45) is 7.05 Å². The Labute approximate surface area is 162 Å². The van der Waals surface area contributed by atoms with Crippen molar-refractivity contribution in [2.45, 2.75) is 30.6 Å². The van der Waals surface area contributed by atoms with Crippen molar-refractivity contribution >= 4 is 5.78 Å². The van der Waals surface area contributed by atoms with Crippen molar-refractivity contribution in [2.75, 3.05) is 0 Å². The summed E-state index contributed by atoms with van der Waals surface area (Å²) in [6, 6.07) is 17.7. The fraction of sp³-hybridized carbons (Fsp3) is 0.273. The fourth-order valence-electron chi connectivity index (χ4n) is 3.92. The van der Waals surface area contributed by atoms with Crippen LogP contribution in [0.3, 0.4) is 0 Å². The van der Waals surface area contributed by atoms with Gasteiger partial charge < -0.3 is 4.57 Å². The van der Waals surface area contributed by atoms with Gasteiger partial charge in [0.25, 0.3) is 0 Å². The van der Waals surface area contributed by atoms with Crippen molar-refractivity contribution in [3.63, 3.8) is 0 Å². The first-order valence-corrected chi connectivity index (χ1v) is 9.21. The van der Waals surface area contributed by atoms with Crippen molar-refractivity contribution in [3.05, 3.63) is 71.8 Å². The van der Waals surface area contributed by atoms with Gasteiger partial charge in [0.15, 0.2) is 23.3 Å². The van der Waals surface area contributed by atoms with Gasteiger partial charge in [0, 0.05) is 12.6 Å². The molecule has 140 valence electrons. The average molecular weight is 374 g/mol. The summed E-state index contributed by atoms with van der Waals surface area (Å²) in [6.45, 7) is 0. The van der Waals surface area contributed by atoms with E-state index in [1.54, 1.807) is 23.7 Å². The maximum Gasteiger partial charge on any atom is 0.168 e. The smallest absolute Gasteiger partial charge is 0.168 e. The zero-order valence-corrected chi connectivity index (χ0v) is 15.5. The van der Waals surface area contributed by atoms with Gasteiger partial charge in [-0.05, 0) is 30.5 Å². The maximum absolute atomic E-state index is 13.5. The van der Waals surface area contributed by atoms with E-state index in [1.807, 2.05) is 30.3 Å². The van der Waals surface area contributed by atoms with Gasteiger partial charge in [-0.25, -0.2) is 4.39 Å². The van der Waals surface area contributed by atoms with E-state index in [0.29, 0.717) is 24.5 Å². The summed E-state index contributed by atoms with van der Waals surface area (Å²) in [5, 5.41) is 18.2. The van der Waals surface area contributed by atoms with Crippen LogP contribution < -0.4 is 0 Å². The summed E-state index contributed by atoms with van der Waals surface area (Å²) in [5.74, 6) is -0.626. The Morgan fingerprint density at radius 3 is 2.39 bits per heavy atom. The van der Waals surface area contributed by atoms with Crippen molar-refractivity contribution in [1.29, 1.82) is 5.26 Å². The van der Waals surface area contributed by atoms with Gasteiger partial charge in [0.05, 0.1) is 11.5 Å². The number of carbonyl (C=O) groups excluding carboxylic acids is 1. The topological polar surface area (TPSA) is 71.6 Å². The van der Waals surface area contributed by atoms with Crippen molar-refractivity contribution < 1.29 is 9.18 Å². The Bertz CT molecular complexity index is 1050. The molecule has 4 rings (SSSR count). The molecule has 28 heavy (non-hydrogen) atoms. The minimum atomic E-state index is -1.03. The minimum Gasteiger partial charge on any atom is -0.313 e. The summed E-state index contributed by atoms with van der Waals surface area (Å²) < 4.78 is 15.1. The Balaban J connectivity index is 1.71. The molecule has 1 atom stereocenters. The highest BCUT2D eigenvalue weighted by Crippen LogP contribution is 2.47. The van der Waals surface area contributed by atoms with Gasteiger partial charge in [-0.2, -0.15) is 5.26 Å². The Morgan fingerprint density at radius 2 is 1.82 bits per heavy atom. The van der Waals surface area contributed by atoms with Crippen LogP contribution >= 0.6 is 0 Å². The standard InChI is InChI=1S/C22H19FN4O/c1-27-20(15-6-3-2-4-7-15)25-26-21(27)18(14-24)19(28)22(12-5-13-22)16-8-10-17(23)11-9-16/h2-4,6-11,18H,5,12-13H2,1H3/t18-/m1/s1. The molecule has 0 amide bonds. The minimum absolute atomic E-state index is 0.192. The van der Waals surface area contributed by atoms with Crippen LogP contribution in [0.25, 0.3) is 11.4 Å². The highest BCUT2D eigenvalue weighted by molar-refractivity contribution is 5.97. The molecular formula is C22H19FN4O. The van der Waals surface area contributed by atoms with Gasteiger partial charge in [-0.15, -0.1) is 10.2 Å². The van der Waals surface area contributed by atoms with Crippen LogP contribution in [0.15, 0.2) is 54.6 Å². The third-order valence-electron chi connectivity index (χ3n) is 5.67. The van der Waals surface area contributed by atoms with Crippen molar-refractivity contribution in [1.82, 2.24) is 14.8 Å². The SMILES string of the molecule is Cn1c(-c2ccccc2)nnc1[C@H](C#N)C(=O)C1(c2ccc(F)cc2)CCC1. The summed E-state index contributed by atoms with van der Waals surface area (Å²) in [5.41, 5.74) is 0.869. The van der Waals surface area contributed by atoms with Crippen LogP contribution in [0.1, 0.15) is 36.6 Å². The lowest BCUT2D eigenvalue weighted by molar-refractivity contribution is -0.128.